The molecule has 2 aromatic carbocycles. The molecule has 0 unspecified atom stereocenters. The third kappa shape index (κ3) is 3.42. The van der Waals surface area contributed by atoms with Crippen LogP contribution in [0.1, 0.15) is 16.7 Å². The van der Waals surface area contributed by atoms with Crippen molar-refractivity contribution in [2.75, 3.05) is 0 Å². The van der Waals surface area contributed by atoms with Crippen LogP contribution in [-0.4, -0.2) is 6.21 Å². The number of hydrogen-bond donors (Lipinski definition) is 0. The molecule has 0 bridgehead atoms. The van der Waals surface area contributed by atoms with Crippen molar-refractivity contribution >= 4 is 12.3 Å². The highest BCUT2D eigenvalue weighted by molar-refractivity contribution is 5.79. The first-order valence-corrected chi connectivity index (χ1v) is 5.65. The molecule has 0 aliphatic carbocycles. The van der Waals surface area contributed by atoms with Gasteiger partial charge in [-0.05, 0) is 16.7 Å². The SMILES string of the molecule is C=Cc1ccc(C=NCc2ccccc2)cc1. The number of hydrogen-bond acceptors (Lipinski definition) is 1. The lowest BCUT2D eigenvalue weighted by atomic mass is 10.1. The van der Waals surface area contributed by atoms with Crippen molar-refractivity contribution in [3.05, 3.63) is 77.9 Å². The van der Waals surface area contributed by atoms with Crippen LogP contribution in [0.5, 0.6) is 0 Å². The fourth-order valence-corrected chi connectivity index (χ4v) is 1.56. The van der Waals surface area contributed by atoms with Crippen LogP contribution >= 0.6 is 0 Å². The zero-order valence-corrected chi connectivity index (χ0v) is 9.71. The molecule has 0 radical (unpaired) electrons. The summed E-state index contributed by atoms with van der Waals surface area (Å²) < 4.78 is 0. The van der Waals surface area contributed by atoms with Crippen LogP contribution < -0.4 is 0 Å². The summed E-state index contributed by atoms with van der Waals surface area (Å²) in [6.45, 7) is 4.46. The number of rotatable bonds is 4. The Kier molecular flexibility index (Phi) is 3.87. The number of aliphatic imine (C=N–C) groups is 1. The molecule has 0 fully saturated rings. The van der Waals surface area contributed by atoms with Crippen molar-refractivity contribution in [3.63, 3.8) is 0 Å². The molecule has 2 rings (SSSR count). The van der Waals surface area contributed by atoms with Crippen LogP contribution in [-0.2, 0) is 6.54 Å². The predicted molar refractivity (Wildman–Crippen MR) is 74.3 cm³/mol. The summed E-state index contributed by atoms with van der Waals surface area (Å²) in [5, 5.41) is 0. The summed E-state index contributed by atoms with van der Waals surface area (Å²) in [5.41, 5.74) is 3.48. The Hall–Kier alpha value is -2.15. The molecule has 0 saturated heterocycles. The molecule has 0 saturated carbocycles. The normalized spacial score (nSPS) is 10.6. The van der Waals surface area contributed by atoms with Gasteiger partial charge in [0.2, 0.25) is 0 Å². The van der Waals surface area contributed by atoms with Crippen LogP contribution in [0.3, 0.4) is 0 Å². The van der Waals surface area contributed by atoms with E-state index in [1.54, 1.807) is 0 Å². The summed E-state index contributed by atoms with van der Waals surface area (Å²) in [4.78, 5) is 4.42. The topological polar surface area (TPSA) is 12.4 Å². The molecule has 0 heterocycles. The average molecular weight is 221 g/mol. The van der Waals surface area contributed by atoms with E-state index in [4.69, 9.17) is 0 Å². The molecular formula is C16H15N. The van der Waals surface area contributed by atoms with Crippen LogP contribution in [0.4, 0.5) is 0 Å². The maximum atomic E-state index is 4.42. The van der Waals surface area contributed by atoms with Crippen LogP contribution in [0.25, 0.3) is 6.08 Å². The van der Waals surface area contributed by atoms with Gasteiger partial charge in [-0.2, -0.15) is 0 Å². The smallest absolute Gasteiger partial charge is 0.0639 e. The van der Waals surface area contributed by atoms with E-state index in [0.29, 0.717) is 0 Å². The zero-order chi connectivity index (χ0) is 11.9. The second kappa shape index (κ2) is 5.80. The van der Waals surface area contributed by atoms with E-state index in [1.807, 2.05) is 54.8 Å². The van der Waals surface area contributed by atoms with E-state index < -0.39 is 0 Å². The van der Waals surface area contributed by atoms with Gasteiger partial charge in [0.1, 0.15) is 0 Å². The van der Waals surface area contributed by atoms with Crippen molar-refractivity contribution in [1.82, 2.24) is 0 Å². The molecule has 17 heavy (non-hydrogen) atoms. The summed E-state index contributed by atoms with van der Waals surface area (Å²) in [7, 11) is 0. The first kappa shape index (κ1) is 11.3. The van der Waals surface area contributed by atoms with E-state index in [1.165, 1.54) is 5.56 Å². The maximum absolute atomic E-state index is 4.42. The standard InChI is InChI=1S/C16H15N/c1-2-14-8-10-16(11-9-14)13-17-12-15-6-4-3-5-7-15/h2-11,13H,1,12H2. The van der Waals surface area contributed by atoms with E-state index >= 15 is 0 Å². The van der Waals surface area contributed by atoms with E-state index in [0.717, 1.165) is 17.7 Å². The van der Waals surface area contributed by atoms with Gasteiger partial charge in [-0.15, -0.1) is 0 Å². The van der Waals surface area contributed by atoms with Gasteiger partial charge in [0.25, 0.3) is 0 Å². The Bertz CT molecular complexity index is 495. The van der Waals surface area contributed by atoms with Gasteiger partial charge in [0, 0.05) is 6.21 Å². The monoisotopic (exact) mass is 221 g/mol. The molecule has 84 valence electrons. The number of nitrogens with zero attached hydrogens (tertiary/aromatic N) is 1. The minimum absolute atomic E-state index is 0.726. The van der Waals surface area contributed by atoms with Crippen LogP contribution in [0, 0.1) is 0 Å². The van der Waals surface area contributed by atoms with Crippen molar-refractivity contribution < 1.29 is 0 Å². The molecule has 0 atom stereocenters. The van der Waals surface area contributed by atoms with E-state index in [-0.39, 0.29) is 0 Å². The minimum atomic E-state index is 0.726. The van der Waals surface area contributed by atoms with Gasteiger partial charge in [-0.3, -0.25) is 4.99 Å². The lowest BCUT2D eigenvalue weighted by Gasteiger charge is -1.96. The first-order chi connectivity index (χ1) is 8.38. The maximum Gasteiger partial charge on any atom is 0.0639 e. The Morgan fingerprint density at radius 3 is 2.18 bits per heavy atom. The van der Waals surface area contributed by atoms with Crippen molar-refractivity contribution in [3.8, 4) is 0 Å². The Balaban J connectivity index is 1.98. The Labute approximate surface area is 102 Å². The van der Waals surface area contributed by atoms with E-state index in [2.05, 4.69) is 23.7 Å². The van der Waals surface area contributed by atoms with Gasteiger partial charge >= 0.3 is 0 Å². The molecule has 0 aliphatic heterocycles. The molecule has 0 amide bonds. The van der Waals surface area contributed by atoms with Crippen LogP contribution in [0.2, 0.25) is 0 Å². The molecule has 1 nitrogen and oxygen atoms in total. The Morgan fingerprint density at radius 1 is 0.882 bits per heavy atom. The number of benzene rings is 2. The first-order valence-electron chi connectivity index (χ1n) is 5.65. The third-order valence-electron chi connectivity index (χ3n) is 2.53. The van der Waals surface area contributed by atoms with E-state index in [9.17, 15) is 0 Å². The molecule has 0 aliphatic rings. The van der Waals surface area contributed by atoms with Gasteiger partial charge < -0.3 is 0 Å². The summed E-state index contributed by atoms with van der Waals surface area (Å²) >= 11 is 0. The summed E-state index contributed by atoms with van der Waals surface area (Å²) in [5.74, 6) is 0. The zero-order valence-electron chi connectivity index (χ0n) is 9.71. The fraction of sp³-hybridized carbons (Fsp3) is 0.0625. The van der Waals surface area contributed by atoms with Gasteiger partial charge in [0.15, 0.2) is 0 Å². The minimum Gasteiger partial charge on any atom is -0.288 e. The highest BCUT2D eigenvalue weighted by Gasteiger charge is 1.89. The van der Waals surface area contributed by atoms with Gasteiger partial charge in [0.05, 0.1) is 6.54 Å². The Morgan fingerprint density at radius 2 is 1.53 bits per heavy atom. The van der Waals surface area contributed by atoms with Crippen molar-refractivity contribution in [2.45, 2.75) is 6.54 Å². The molecular weight excluding hydrogens is 206 g/mol. The van der Waals surface area contributed by atoms with Gasteiger partial charge in [-0.1, -0.05) is 67.3 Å². The highest BCUT2D eigenvalue weighted by Crippen LogP contribution is 2.04. The summed E-state index contributed by atoms with van der Waals surface area (Å²) in [6.07, 6.45) is 3.74. The third-order valence-corrected chi connectivity index (χ3v) is 2.53. The quantitative estimate of drug-likeness (QED) is 0.693. The second-order valence-electron chi connectivity index (χ2n) is 3.83. The summed E-state index contributed by atoms with van der Waals surface area (Å²) in [6, 6.07) is 18.4. The van der Waals surface area contributed by atoms with Crippen LogP contribution in [0.15, 0.2) is 66.2 Å². The lowest BCUT2D eigenvalue weighted by molar-refractivity contribution is 1.08. The predicted octanol–water partition coefficient (Wildman–Crippen LogP) is 3.95. The molecule has 0 aromatic heterocycles. The fourth-order valence-electron chi connectivity index (χ4n) is 1.56. The van der Waals surface area contributed by atoms with Gasteiger partial charge in [-0.25, -0.2) is 0 Å². The van der Waals surface area contributed by atoms with Crippen molar-refractivity contribution in [2.24, 2.45) is 4.99 Å². The molecule has 2 aromatic rings. The molecule has 1 heteroatoms. The van der Waals surface area contributed by atoms with Crippen molar-refractivity contribution in [1.29, 1.82) is 0 Å². The average Bonchev–Trinajstić information content (AvgIpc) is 2.41. The largest absolute Gasteiger partial charge is 0.288 e. The highest BCUT2D eigenvalue weighted by atomic mass is 14.7. The molecule has 0 spiro atoms. The second-order valence-corrected chi connectivity index (χ2v) is 3.83. The molecule has 0 N–H and O–H groups in total. The lowest BCUT2D eigenvalue weighted by Crippen LogP contribution is -1.84.